The molecule has 0 aliphatic carbocycles. The van der Waals surface area contributed by atoms with E-state index in [1.807, 2.05) is 36.4 Å². The molecule has 1 aliphatic rings. The van der Waals surface area contributed by atoms with Gasteiger partial charge in [0, 0.05) is 30.8 Å². The number of carbonyl (C=O) groups is 2. The monoisotopic (exact) mass is 477 g/mol. The van der Waals surface area contributed by atoms with Gasteiger partial charge in [-0.15, -0.1) is 0 Å². The van der Waals surface area contributed by atoms with Crippen LogP contribution in [0.2, 0.25) is 0 Å². The van der Waals surface area contributed by atoms with Crippen molar-refractivity contribution in [3.63, 3.8) is 0 Å². The zero-order chi connectivity index (χ0) is 24.0. The van der Waals surface area contributed by atoms with Gasteiger partial charge in [-0.05, 0) is 48.7 Å². The van der Waals surface area contributed by atoms with Crippen LogP contribution in [0.15, 0.2) is 89.8 Å². The number of benzene rings is 3. The number of rotatable bonds is 8. The molecule has 2 N–H and O–H groups in total. The van der Waals surface area contributed by atoms with Crippen molar-refractivity contribution >= 4 is 27.5 Å². The lowest BCUT2D eigenvalue weighted by atomic mass is 10.0. The number of nitrogens with zero attached hydrogens (tertiary/aromatic N) is 1. The second-order valence-corrected chi connectivity index (χ2v) is 10.1. The van der Waals surface area contributed by atoms with Gasteiger partial charge in [0.15, 0.2) is 0 Å². The molecule has 7 nitrogen and oxygen atoms in total. The summed E-state index contributed by atoms with van der Waals surface area (Å²) in [5, 5.41) is 5.60. The summed E-state index contributed by atoms with van der Waals surface area (Å²) < 4.78 is 27.3. The predicted octanol–water partition coefficient (Wildman–Crippen LogP) is 3.45. The number of anilines is 1. The molecule has 8 heteroatoms. The topological polar surface area (TPSA) is 95.6 Å². The van der Waals surface area contributed by atoms with Crippen LogP contribution in [0.4, 0.5) is 5.69 Å². The minimum absolute atomic E-state index is 0.139. The van der Waals surface area contributed by atoms with Crippen molar-refractivity contribution < 1.29 is 18.0 Å². The van der Waals surface area contributed by atoms with Crippen molar-refractivity contribution in [1.29, 1.82) is 0 Å². The minimum Gasteiger partial charge on any atom is -0.340 e. The highest BCUT2D eigenvalue weighted by atomic mass is 32.2. The molecular weight excluding hydrogens is 450 g/mol. The lowest BCUT2D eigenvalue weighted by Gasteiger charge is -2.20. The fraction of sp³-hybridized carbons (Fsp3) is 0.231. The van der Waals surface area contributed by atoms with Crippen LogP contribution in [0.1, 0.15) is 28.8 Å². The first kappa shape index (κ1) is 23.7. The molecule has 34 heavy (non-hydrogen) atoms. The second kappa shape index (κ2) is 10.6. The fourth-order valence-corrected chi connectivity index (χ4v) is 5.49. The van der Waals surface area contributed by atoms with Crippen LogP contribution < -0.4 is 10.6 Å². The van der Waals surface area contributed by atoms with Gasteiger partial charge in [0.2, 0.25) is 15.9 Å². The summed E-state index contributed by atoms with van der Waals surface area (Å²) in [6.07, 6.45) is 1.98. The van der Waals surface area contributed by atoms with Gasteiger partial charge < -0.3 is 10.6 Å². The van der Waals surface area contributed by atoms with E-state index in [0.717, 1.165) is 18.4 Å². The molecule has 1 fully saturated rings. The Hall–Kier alpha value is -3.49. The van der Waals surface area contributed by atoms with E-state index in [0.29, 0.717) is 24.3 Å². The van der Waals surface area contributed by atoms with Crippen molar-refractivity contribution in [1.82, 2.24) is 9.62 Å². The summed E-state index contributed by atoms with van der Waals surface area (Å²) in [6.45, 7) is 1.01. The maximum Gasteiger partial charge on any atom is 0.251 e. The molecule has 0 bridgehead atoms. The van der Waals surface area contributed by atoms with Gasteiger partial charge in [-0.2, -0.15) is 4.31 Å². The Morgan fingerprint density at radius 3 is 2.18 bits per heavy atom. The Labute approximate surface area is 199 Å². The molecule has 1 atom stereocenters. The van der Waals surface area contributed by atoms with Gasteiger partial charge in [0.05, 0.1) is 4.90 Å². The Balaban J connectivity index is 1.53. The first-order chi connectivity index (χ1) is 16.4. The van der Waals surface area contributed by atoms with Gasteiger partial charge in [0.1, 0.15) is 6.04 Å². The molecule has 3 aromatic rings. The summed E-state index contributed by atoms with van der Waals surface area (Å²) in [6, 6.07) is 23.5. The number of hydrogen-bond donors (Lipinski definition) is 2. The summed E-state index contributed by atoms with van der Waals surface area (Å²) in [5.41, 5.74) is 1.70. The minimum atomic E-state index is -3.61. The van der Waals surface area contributed by atoms with E-state index in [2.05, 4.69) is 10.6 Å². The molecule has 3 aromatic carbocycles. The quantitative estimate of drug-likeness (QED) is 0.520. The number of hydrogen-bond acceptors (Lipinski definition) is 4. The van der Waals surface area contributed by atoms with Crippen LogP contribution in [0.3, 0.4) is 0 Å². The highest BCUT2D eigenvalue weighted by Gasteiger charge is 2.28. The number of carbonyl (C=O) groups excluding carboxylic acids is 2. The van der Waals surface area contributed by atoms with Crippen LogP contribution in [-0.4, -0.2) is 43.7 Å². The van der Waals surface area contributed by atoms with Crippen molar-refractivity contribution in [2.45, 2.75) is 30.2 Å². The summed E-state index contributed by atoms with van der Waals surface area (Å²) in [7, 11) is -3.61. The first-order valence-corrected chi connectivity index (χ1v) is 12.7. The molecule has 0 saturated carbocycles. The molecule has 176 valence electrons. The zero-order valence-corrected chi connectivity index (χ0v) is 19.5. The molecule has 0 spiro atoms. The summed E-state index contributed by atoms with van der Waals surface area (Å²) in [5.74, 6) is -0.786. The fourth-order valence-electron chi connectivity index (χ4n) is 3.93. The van der Waals surface area contributed by atoms with Gasteiger partial charge in [0.25, 0.3) is 5.91 Å². The normalized spacial score (nSPS) is 14.9. The van der Waals surface area contributed by atoms with Crippen LogP contribution in [0.5, 0.6) is 0 Å². The second-order valence-electron chi connectivity index (χ2n) is 8.21. The van der Waals surface area contributed by atoms with E-state index >= 15 is 0 Å². The van der Waals surface area contributed by atoms with Crippen LogP contribution in [0, 0.1) is 0 Å². The van der Waals surface area contributed by atoms with Gasteiger partial charge in [-0.25, -0.2) is 8.42 Å². The smallest absolute Gasteiger partial charge is 0.251 e. The zero-order valence-electron chi connectivity index (χ0n) is 18.7. The average molecular weight is 478 g/mol. The van der Waals surface area contributed by atoms with E-state index in [-0.39, 0.29) is 17.2 Å². The average Bonchev–Trinajstić information content (AvgIpc) is 3.41. The molecule has 1 heterocycles. The Kier molecular flexibility index (Phi) is 7.40. The standard InChI is InChI=1S/C26H27N3O4S/c30-25(21-12-5-2-6-13-21)28-24(18-20-10-3-1-4-11-20)26(31)27-22-14-9-15-23(19-22)34(32,33)29-16-7-8-17-29/h1-6,9-15,19,24H,7-8,16-18H2,(H,27,31)(H,28,30)/t24-/m0/s1. The third-order valence-electron chi connectivity index (χ3n) is 5.74. The highest BCUT2D eigenvalue weighted by Crippen LogP contribution is 2.23. The lowest BCUT2D eigenvalue weighted by Crippen LogP contribution is -2.45. The molecule has 1 saturated heterocycles. The maximum atomic E-state index is 13.2. The van der Waals surface area contributed by atoms with E-state index in [1.54, 1.807) is 36.4 Å². The Morgan fingerprint density at radius 1 is 0.853 bits per heavy atom. The van der Waals surface area contributed by atoms with Crippen molar-refractivity contribution in [2.75, 3.05) is 18.4 Å². The number of sulfonamides is 1. The summed E-state index contributed by atoms with van der Waals surface area (Å²) >= 11 is 0. The van der Waals surface area contributed by atoms with Gasteiger partial charge in [-0.3, -0.25) is 9.59 Å². The molecule has 0 unspecified atom stereocenters. The van der Waals surface area contributed by atoms with Crippen LogP contribution in [0.25, 0.3) is 0 Å². The molecule has 1 aliphatic heterocycles. The third kappa shape index (κ3) is 5.70. The summed E-state index contributed by atoms with van der Waals surface area (Å²) in [4.78, 5) is 26.1. The molecule has 2 amide bonds. The molecule has 4 rings (SSSR count). The number of amides is 2. The van der Waals surface area contributed by atoms with Crippen molar-refractivity contribution in [3.05, 3.63) is 96.1 Å². The Morgan fingerprint density at radius 2 is 1.50 bits per heavy atom. The van der Waals surface area contributed by atoms with Crippen LogP contribution in [-0.2, 0) is 21.2 Å². The van der Waals surface area contributed by atoms with Crippen LogP contribution >= 0.6 is 0 Å². The van der Waals surface area contributed by atoms with Gasteiger partial charge >= 0.3 is 0 Å². The number of nitrogens with one attached hydrogen (secondary N) is 2. The van der Waals surface area contributed by atoms with E-state index in [1.165, 1.54) is 16.4 Å². The Bertz CT molecular complexity index is 1240. The maximum absolute atomic E-state index is 13.2. The molecule has 0 radical (unpaired) electrons. The predicted molar refractivity (Wildman–Crippen MR) is 131 cm³/mol. The first-order valence-electron chi connectivity index (χ1n) is 11.2. The van der Waals surface area contributed by atoms with E-state index in [9.17, 15) is 18.0 Å². The molecule has 0 aromatic heterocycles. The largest absolute Gasteiger partial charge is 0.340 e. The van der Waals surface area contributed by atoms with E-state index < -0.39 is 22.0 Å². The van der Waals surface area contributed by atoms with Crippen molar-refractivity contribution in [2.24, 2.45) is 0 Å². The SMILES string of the molecule is O=C(N[C@@H](Cc1ccccc1)C(=O)Nc1cccc(S(=O)(=O)N2CCCC2)c1)c1ccccc1. The lowest BCUT2D eigenvalue weighted by molar-refractivity contribution is -0.118. The van der Waals surface area contributed by atoms with E-state index in [4.69, 9.17) is 0 Å². The third-order valence-corrected chi connectivity index (χ3v) is 7.64. The highest BCUT2D eigenvalue weighted by molar-refractivity contribution is 7.89. The molecular formula is C26H27N3O4S. The van der Waals surface area contributed by atoms with Gasteiger partial charge in [-0.1, -0.05) is 54.6 Å². The van der Waals surface area contributed by atoms with Crippen molar-refractivity contribution in [3.8, 4) is 0 Å².